The van der Waals surface area contributed by atoms with Crippen molar-refractivity contribution < 1.29 is 9.59 Å². The van der Waals surface area contributed by atoms with Crippen molar-refractivity contribution in [3.8, 4) is 0 Å². The van der Waals surface area contributed by atoms with Gasteiger partial charge in [-0.1, -0.05) is 30.3 Å². The highest BCUT2D eigenvalue weighted by atomic mass is 127. The second kappa shape index (κ2) is 5.32. The number of hydrogen-bond acceptors (Lipinski definition) is 3. The number of rotatable bonds is 2. The largest absolute Gasteiger partial charge is 0.274 e. The lowest BCUT2D eigenvalue weighted by molar-refractivity contribution is -0.121. The van der Waals surface area contributed by atoms with E-state index >= 15 is 0 Å². The molecular weight excluding hydrogens is 367 g/mol. The van der Waals surface area contributed by atoms with Crippen molar-refractivity contribution >= 4 is 40.2 Å². The minimum atomic E-state index is -0.398. The molecule has 0 aliphatic carbocycles. The Labute approximate surface area is 130 Å². The zero-order valence-corrected chi connectivity index (χ0v) is 12.6. The summed E-state index contributed by atoms with van der Waals surface area (Å²) in [4.78, 5) is 29.9. The van der Waals surface area contributed by atoms with E-state index in [1.165, 1.54) is 4.90 Å². The summed E-state index contributed by atoms with van der Waals surface area (Å²) >= 11 is 2.13. The van der Waals surface area contributed by atoms with E-state index in [4.69, 9.17) is 0 Å². The van der Waals surface area contributed by atoms with Crippen LogP contribution in [0.5, 0.6) is 0 Å². The van der Waals surface area contributed by atoms with E-state index in [-0.39, 0.29) is 18.2 Å². The highest BCUT2D eigenvalue weighted by Gasteiger charge is 2.40. The molecule has 1 aliphatic rings. The van der Waals surface area contributed by atoms with Gasteiger partial charge in [0.1, 0.15) is 5.82 Å². The van der Waals surface area contributed by atoms with Gasteiger partial charge in [0.2, 0.25) is 11.8 Å². The Hall–Kier alpha value is -1.76. The van der Waals surface area contributed by atoms with Crippen LogP contribution >= 0.6 is 22.6 Å². The van der Waals surface area contributed by atoms with Crippen LogP contribution in [0.3, 0.4) is 0 Å². The Balaban J connectivity index is 1.93. The molecule has 2 heterocycles. The lowest BCUT2D eigenvalue weighted by atomic mass is 9.98. The predicted octanol–water partition coefficient (Wildman–Crippen LogP) is 2.73. The quantitative estimate of drug-likeness (QED) is 0.597. The van der Waals surface area contributed by atoms with E-state index in [2.05, 4.69) is 27.6 Å². The monoisotopic (exact) mass is 378 g/mol. The van der Waals surface area contributed by atoms with Crippen molar-refractivity contribution in [1.82, 2.24) is 4.98 Å². The molecule has 5 heteroatoms. The molecule has 1 aromatic heterocycles. The number of halogens is 1. The summed E-state index contributed by atoms with van der Waals surface area (Å²) in [6.07, 6.45) is 1.85. The fourth-order valence-electron chi connectivity index (χ4n) is 2.32. The first-order valence-corrected chi connectivity index (χ1v) is 7.28. The van der Waals surface area contributed by atoms with Crippen molar-refractivity contribution in [3.05, 3.63) is 57.8 Å². The topological polar surface area (TPSA) is 50.3 Å². The van der Waals surface area contributed by atoms with Crippen molar-refractivity contribution in [2.24, 2.45) is 0 Å². The molecule has 1 aliphatic heterocycles. The molecule has 1 aromatic carbocycles. The Bertz CT molecular complexity index is 655. The number of nitrogens with zero attached hydrogens (tertiary/aromatic N) is 2. The standard InChI is InChI=1S/C15H11IN2O2/c16-11-6-7-13(17-9-11)18-14(19)8-12(15(18)20)10-4-2-1-3-5-10/h1-7,9,12H,8H2. The molecule has 1 atom stereocenters. The predicted molar refractivity (Wildman–Crippen MR) is 83.2 cm³/mol. The highest BCUT2D eigenvalue weighted by Crippen LogP contribution is 2.32. The maximum atomic E-state index is 12.5. The molecule has 3 rings (SSSR count). The summed E-state index contributed by atoms with van der Waals surface area (Å²) in [5, 5.41) is 0. The van der Waals surface area contributed by atoms with E-state index in [1.54, 1.807) is 12.3 Å². The maximum Gasteiger partial charge on any atom is 0.243 e. The number of aromatic nitrogens is 1. The fraction of sp³-hybridized carbons (Fsp3) is 0.133. The third kappa shape index (κ3) is 2.33. The third-order valence-corrected chi connectivity index (χ3v) is 3.93. The maximum absolute atomic E-state index is 12.5. The molecule has 20 heavy (non-hydrogen) atoms. The van der Waals surface area contributed by atoms with Crippen LogP contribution < -0.4 is 4.90 Å². The molecular formula is C15H11IN2O2. The van der Waals surface area contributed by atoms with Crippen LogP contribution in [0.1, 0.15) is 17.9 Å². The number of hydrogen-bond donors (Lipinski definition) is 0. The van der Waals surface area contributed by atoms with E-state index in [9.17, 15) is 9.59 Å². The average Bonchev–Trinajstić information content (AvgIpc) is 2.76. The fourth-order valence-corrected chi connectivity index (χ4v) is 2.64. The van der Waals surface area contributed by atoms with Gasteiger partial charge in [0, 0.05) is 16.2 Å². The number of anilines is 1. The summed E-state index contributed by atoms with van der Waals surface area (Å²) in [5.41, 5.74) is 0.874. The number of benzene rings is 1. The second-order valence-electron chi connectivity index (χ2n) is 4.57. The summed E-state index contributed by atoms with van der Waals surface area (Å²) in [7, 11) is 0. The van der Waals surface area contributed by atoms with E-state index in [0.717, 1.165) is 9.13 Å². The molecule has 2 aromatic rings. The van der Waals surface area contributed by atoms with Gasteiger partial charge in [0.05, 0.1) is 5.92 Å². The SMILES string of the molecule is O=C1CC(c2ccccc2)C(=O)N1c1ccc(I)cn1. The van der Waals surface area contributed by atoms with Crippen molar-refractivity contribution in [2.75, 3.05) is 4.90 Å². The van der Waals surface area contributed by atoms with Gasteiger partial charge >= 0.3 is 0 Å². The van der Waals surface area contributed by atoms with Crippen LogP contribution in [-0.4, -0.2) is 16.8 Å². The molecule has 0 saturated carbocycles. The number of amides is 2. The third-order valence-electron chi connectivity index (χ3n) is 3.29. The Morgan fingerprint density at radius 2 is 1.85 bits per heavy atom. The molecule has 1 saturated heterocycles. The van der Waals surface area contributed by atoms with Gasteiger partial charge in [-0.15, -0.1) is 0 Å². The van der Waals surface area contributed by atoms with Crippen molar-refractivity contribution in [2.45, 2.75) is 12.3 Å². The summed E-state index contributed by atoms with van der Waals surface area (Å²) in [5.74, 6) is -0.393. The summed E-state index contributed by atoms with van der Waals surface area (Å²) < 4.78 is 0.963. The molecule has 0 bridgehead atoms. The Kier molecular flexibility index (Phi) is 3.52. The van der Waals surface area contributed by atoms with Crippen LogP contribution in [-0.2, 0) is 9.59 Å². The highest BCUT2D eigenvalue weighted by molar-refractivity contribution is 14.1. The molecule has 2 amide bonds. The van der Waals surface area contributed by atoms with Crippen LogP contribution in [0, 0.1) is 3.57 Å². The number of imide groups is 1. The zero-order chi connectivity index (χ0) is 14.1. The average molecular weight is 378 g/mol. The van der Waals surface area contributed by atoms with Crippen LogP contribution in [0.4, 0.5) is 5.82 Å². The number of pyridine rings is 1. The van der Waals surface area contributed by atoms with E-state index in [1.807, 2.05) is 36.4 Å². The molecule has 0 N–H and O–H groups in total. The van der Waals surface area contributed by atoms with Crippen LogP contribution in [0.2, 0.25) is 0 Å². The lowest BCUT2D eigenvalue weighted by Crippen LogP contribution is -2.30. The van der Waals surface area contributed by atoms with Crippen molar-refractivity contribution in [1.29, 1.82) is 0 Å². The van der Waals surface area contributed by atoms with Gasteiger partial charge in [0.25, 0.3) is 0 Å². The smallest absolute Gasteiger partial charge is 0.243 e. The number of carbonyl (C=O) groups is 2. The van der Waals surface area contributed by atoms with Crippen LogP contribution in [0.25, 0.3) is 0 Å². The molecule has 0 radical (unpaired) electrons. The van der Waals surface area contributed by atoms with Gasteiger partial charge in [-0.05, 0) is 40.3 Å². The van der Waals surface area contributed by atoms with Gasteiger partial charge in [-0.3, -0.25) is 9.59 Å². The normalized spacial score (nSPS) is 18.6. The van der Waals surface area contributed by atoms with Gasteiger partial charge < -0.3 is 0 Å². The van der Waals surface area contributed by atoms with Gasteiger partial charge in [-0.2, -0.15) is 0 Å². The molecule has 100 valence electrons. The van der Waals surface area contributed by atoms with Crippen molar-refractivity contribution in [3.63, 3.8) is 0 Å². The molecule has 1 unspecified atom stereocenters. The zero-order valence-electron chi connectivity index (χ0n) is 10.5. The van der Waals surface area contributed by atoms with Gasteiger partial charge in [0.15, 0.2) is 0 Å². The molecule has 1 fully saturated rings. The Morgan fingerprint density at radius 1 is 1.10 bits per heavy atom. The summed E-state index contributed by atoms with van der Waals surface area (Å²) in [6.45, 7) is 0. The first-order chi connectivity index (χ1) is 9.66. The Morgan fingerprint density at radius 3 is 2.50 bits per heavy atom. The van der Waals surface area contributed by atoms with E-state index in [0.29, 0.717) is 5.82 Å². The lowest BCUT2D eigenvalue weighted by Gasteiger charge is -2.14. The van der Waals surface area contributed by atoms with Gasteiger partial charge in [-0.25, -0.2) is 9.88 Å². The number of carbonyl (C=O) groups excluding carboxylic acids is 2. The summed E-state index contributed by atoms with van der Waals surface area (Å²) in [6, 6.07) is 12.9. The molecule has 4 nitrogen and oxygen atoms in total. The first kappa shape index (κ1) is 13.2. The van der Waals surface area contributed by atoms with Crippen LogP contribution in [0.15, 0.2) is 48.7 Å². The second-order valence-corrected chi connectivity index (χ2v) is 5.82. The minimum absolute atomic E-state index is 0.197. The molecule has 0 spiro atoms. The first-order valence-electron chi connectivity index (χ1n) is 6.20. The minimum Gasteiger partial charge on any atom is -0.274 e. The van der Waals surface area contributed by atoms with E-state index < -0.39 is 5.92 Å².